The average molecular weight is 430 g/mol. The van der Waals surface area contributed by atoms with Crippen LogP contribution in [0.5, 0.6) is 0 Å². The average Bonchev–Trinajstić information content (AvgIpc) is 3.11. The lowest BCUT2D eigenvalue weighted by Gasteiger charge is -2.42. The summed E-state index contributed by atoms with van der Waals surface area (Å²) in [5.41, 5.74) is 8.53. The molecule has 2 fully saturated rings. The molecule has 0 radical (unpaired) electrons. The van der Waals surface area contributed by atoms with Gasteiger partial charge in [-0.05, 0) is 49.7 Å². The summed E-state index contributed by atoms with van der Waals surface area (Å²) >= 11 is 0. The second kappa shape index (κ2) is 10.1. The van der Waals surface area contributed by atoms with Crippen LogP contribution in [0.1, 0.15) is 31.2 Å². The third-order valence-corrected chi connectivity index (χ3v) is 6.66. The van der Waals surface area contributed by atoms with Crippen molar-refractivity contribution in [2.75, 3.05) is 50.8 Å². The van der Waals surface area contributed by atoms with Gasteiger partial charge in [0, 0.05) is 51.6 Å². The number of anilines is 1. The van der Waals surface area contributed by atoms with Crippen LogP contribution in [0.15, 0.2) is 24.3 Å². The number of hydrogen-bond donors (Lipinski definition) is 1. The summed E-state index contributed by atoms with van der Waals surface area (Å²) in [4.78, 5) is 17.7. The minimum Gasteiger partial charge on any atom is -0.381 e. The van der Waals surface area contributed by atoms with Crippen LogP contribution in [0.25, 0.3) is 0 Å². The van der Waals surface area contributed by atoms with Gasteiger partial charge < -0.3 is 20.3 Å². The van der Waals surface area contributed by atoms with E-state index in [1.54, 1.807) is 0 Å². The van der Waals surface area contributed by atoms with Crippen molar-refractivity contribution in [3.8, 4) is 0 Å². The summed E-state index contributed by atoms with van der Waals surface area (Å²) in [6, 6.07) is 8.77. The first-order valence-corrected chi connectivity index (χ1v) is 10.1. The molecule has 0 unspecified atom stereocenters. The van der Waals surface area contributed by atoms with Crippen molar-refractivity contribution < 1.29 is 9.53 Å². The highest BCUT2D eigenvalue weighted by Gasteiger charge is 2.42. The number of para-hydroxylation sites is 1. The molecule has 3 aliphatic heterocycles. The van der Waals surface area contributed by atoms with Gasteiger partial charge in [-0.2, -0.15) is 0 Å². The molecule has 1 amide bonds. The van der Waals surface area contributed by atoms with Gasteiger partial charge in [0.1, 0.15) is 0 Å². The molecule has 5 nitrogen and oxygen atoms in total. The zero-order valence-electron chi connectivity index (χ0n) is 16.5. The third kappa shape index (κ3) is 4.59. The molecule has 0 bridgehead atoms. The Morgan fingerprint density at radius 2 is 1.79 bits per heavy atom. The van der Waals surface area contributed by atoms with Crippen LogP contribution in [0.2, 0.25) is 0 Å². The Hall–Kier alpha value is -1.01. The monoisotopic (exact) mass is 429 g/mol. The molecule has 3 aliphatic rings. The smallest absolute Gasteiger partial charge is 0.230 e. The zero-order chi connectivity index (χ0) is 18.0. The molecule has 0 spiro atoms. The lowest BCUT2D eigenvalue weighted by atomic mass is 9.78. The number of amides is 1. The maximum absolute atomic E-state index is 13.1. The highest BCUT2D eigenvalue weighted by molar-refractivity contribution is 5.85. The van der Waals surface area contributed by atoms with Gasteiger partial charge in [0.2, 0.25) is 5.91 Å². The lowest BCUT2D eigenvalue weighted by molar-refractivity contribution is -0.148. The SMILES string of the molecule is Cl.Cl.NCC1(C(=O)N2CCC(CN3CCc4ccccc43)CC2)CCOCC1. The van der Waals surface area contributed by atoms with Crippen molar-refractivity contribution >= 4 is 36.4 Å². The van der Waals surface area contributed by atoms with E-state index in [4.69, 9.17) is 10.5 Å². The van der Waals surface area contributed by atoms with Gasteiger partial charge in [0.25, 0.3) is 0 Å². The second-order valence-corrected chi connectivity index (χ2v) is 8.16. The van der Waals surface area contributed by atoms with E-state index < -0.39 is 0 Å². The van der Waals surface area contributed by atoms with Gasteiger partial charge in [-0.3, -0.25) is 4.79 Å². The molecule has 28 heavy (non-hydrogen) atoms. The summed E-state index contributed by atoms with van der Waals surface area (Å²) in [5, 5.41) is 0. The van der Waals surface area contributed by atoms with Crippen molar-refractivity contribution in [1.82, 2.24) is 4.90 Å². The summed E-state index contributed by atoms with van der Waals surface area (Å²) < 4.78 is 5.45. The molecule has 0 aliphatic carbocycles. The predicted molar refractivity (Wildman–Crippen MR) is 118 cm³/mol. The van der Waals surface area contributed by atoms with Crippen molar-refractivity contribution in [1.29, 1.82) is 0 Å². The summed E-state index contributed by atoms with van der Waals surface area (Å²) in [6.07, 6.45) is 4.90. The van der Waals surface area contributed by atoms with E-state index in [2.05, 4.69) is 34.1 Å². The minimum absolute atomic E-state index is 0. The van der Waals surface area contributed by atoms with Crippen molar-refractivity contribution in [2.24, 2.45) is 17.1 Å². The zero-order valence-corrected chi connectivity index (χ0v) is 18.1. The number of likely N-dealkylation sites (tertiary alicyclic amines) is 1. The largest absolute Gasteiger partial charge is 0.381 e. The highest BCUT2D eigenvalue weighted by Crippen LogP contribution is 2.34. The van der Waals surface area contributed by atoms with Gasteiger partial charge in [-0.1, -0.05) is 18.2 Å². The molecule has 7 heteroatoms. The topological polar surface area (TPSA) is 58.8 Å². The molecule has 2 saturated heterocycles. The third-order valence-electron chi connectivity index (χ3n) is 6.66. The molecule has 0 saturated carbocycles. The number of benzene rings is 1. The van der Waals surface area contributed by atoms with Crippen molar-refractivity contribution in [3.05, 3.63) is 29.8 Å². The van der Waals surface area contributed by atoms with Crippen molar-refractivity contribution in [3.63, 3.8) is 0 Å². The number of carbonyl (C=O) groups excluding carboxylic acids is 1. The van der Waals surface area contributed by atoms with Crippen LogP contribution >= 0.6 is 24.8 Å². The Morgan fingerprint density at radius 1 is 1.11 bits per heavy atom. The van der Waals surface area contributed by atoms with Gasteiger partial charge in [-0.25, -0.2) is 0 Å². The van der Waals surface area contributed by atoms with Crippen LogP contribution in [-0.2, 0) is 16.0 Å². The molecular formula is C21H33Cl2N3O2. The van der Waals surface area contributed by atoms with Crippen LogP contribution in [0.4, 0.5) is 5.69 Å². The number of nitrogens with zero attached hydrogens (tertiary/aromatic N) is 2. The van der Waals surface area contributed by atoms with Crippen molar-refractivity contribution in [2.45, 2.75) is 32.1 Å². The Balaban J connectivity index is 0.00000140. The Morgan fingerprint density at radius 3 is 2.46 bits per heavy atom. The van der Waals surface area contributed by atoms with Crippen LogP contribution in [0, 0.1) is 11.3 Å². The van der Waals surface area contributed by atoms with E-state index >= 15 is 0 Å². The first-order valence-electron chi connectivity index (χ1n) is 10.1. The molecule has 1 aromatic carbocycles. The number of hydrogen-bond acceptors (Lipinski definition) is 4. The predicted octanol–water partition coefficient (Wildman–Crippen LogP) is 2.89. The number of halogens is 2. The van der Waals surface area contributed by atoms with Gasteiger partial charge in [0.15, 0.2) is 0 Å². The fourth-order valence-corrected chi connectivity index (χ4v) is 4.83. The van der Waals surface area contributed by atoms with Gasteiger partial charge in [0.05, 0.1) is 5.41 Å². The van der Waals surface area contributed by atoms with Gasteiger partial charge in [-0.15, -0.1) is 24.8 Å². The summed E-state index contributed by atoms with van der Waals surface area (Å²) in [7, 11) is 0. The number of fused-ring (bicyclic) bond motifs is 1. The Kier molecular flexibility index (Phi) is 8.44. The number of nitrogens with two attached hydrogens (primary N) is 1. The molecule has 2 N–H and O–H groups in total. The summed E-state index contributed by atoms with van der Waals surface area (Å²) in [6.45, 7) is 5.77. The maximum atomic E-state index is 13.1. The van der Waals surface area contributed by atoms with E-state index in [1.165, 1.54) is 11.3 Å². The van der Waals surface area contributed by atoms with Crippen LogP contribution in [-0.4, -0.2) is 56.7 Å². The lowest BCUT2D eigenvalue weighted by Crippen LogP contribution is -2.53. The second-order valence-electron chi connectivity index (χ2n) is 8.16. The molecule has 3 heterocycles. The normalized spacial score (nSPS) is 21.5. The fraction of sp³-hybridized carbons (Fsp3) is 0.667. The molecule has 1 aromatic rings. The maximum Gasteiger partial charge on any atom is 0.230 e. The number of rotatable bonds is 4. The first kappa shape index (κ1) is 23.3. The van der Waals surface area contributed by atoms with E-state index in [-0.39, 0.29) is 36.1 Å². The fourth-order valence-electron chi connectivity index (χ4n) is 4.83. The minimum atomic E-state index is -0.376. The Bertz CT molecular complexity index is 644. The number of carbonyl (C=O) groups is 1. The quantitative estimate of drug-likeness (QED) is 0.798. The van der Waals surface area contributed by atoms with E-state index in [0.29, 0.717) is 25.7 Å². The van der Waals surface area contributed by atoms with E-state index in [0.717, 1.165) is 58.3 Å². The van der Waals surface area contributed by atoms with Crippen LogP contribution < -0.4 is 10.6 Å². The van der Waals surface area contributed by atoms with Gasteiger partial charge >= 0.3 is 0 Å². The molecular weight excluding hydrogens is 397 g/mol. The number of ether oxygens (including phenoxy) is 1. The van der Waals surface area contributed by atoms with E-state index in [9.17, 15) is 4.79 Å². The Labute approximate surface area is 180 Å². The molecule has 0 aromatic heterocycles. The molecule has 0 atom stereocenters. The highest BCUT2D eigenvalue weighted by atomic mass is 35.5. The first-order chi connectivity index (χ1) is 12.7. The number of piperidine rings is 1. The van der Waals surface area contributed by atoms with E-state index in [1.807, 2.05) is 0 Å². The standard InChI is InChI=1S/C21H31N3O2.2ClH/c22-16-21(8-13-26-14-9-21)20(25)23-10-5-17(6-11-23)15-24-12-7-18-3-1-2-4-19(18)24;;/h1-4,17H,5-16,22H2;2*1H. The molecule has 158 valence electrons. The summed E-state index contributed by atoms with van der Waals surface area (Å²) in [5.74, 6) is 0.946. The van der Waals surface area contributed by atoms with Crippen LogP contribution in [0.3, 0.4) is 0 Å². The molecule has 4 rings (SSSR count).